The van der Waals surface area contributed by atoms with Crippen molar-refractivity contribution in [3.63, 3.8) is 0 Å². The molecule has 3 amide bonds. The van der Waals surface area contributed by atoms with E-state index in [9.17, 15) is 19.5 Å². The number of urea groups is 1. The van der Waals surface area contributed by atoms with Crippen LogP contribution in [0.5, 0.6) is 0 Å². The average molecular weight is 355 g/mol. The summed E-state index contributed by atoms with van der Waals surface area (Å²) < 4.78 is 0. The SMILES string of the molecule is CCCCCC(O)/C=N/N1C(=O)NC(=O)C1CCCCCCC(=O)O. The second-order valence-electron chi connectivity index (χ2n) is 6.33. The third-order valence-electron chi connectivity index (χ3n) is 4.12. The number of unbranched alkanes of at least 4 members (excludes halogenated alkanes) is 5. The van der Waals surface area contributed by atoms with Gasteiger partial charge in [0.25, 0.3) is 5.91 Å². The lowest BCUT2D eigenvalue weighted by atomic mass is 10.1. The summed E-state index contributed by atoms with van der Waals surface area (Å²) in [5, 5.41) is 25.8. The van der Waals surface area contributed by atoms with Gasteiger partial charge in [0.2, 0.25) is 0 Å². The Morgan fingerprint density at radius 3 is 2.64 bits per heavy atom. The van der Waals surface area contributed by atoms with E-state index < -0.39 is 24.1 Å². The van der Waals surface area contributed by atoms with Gasteiger partial charge < -0.3 is 10.2 Å². The molecule has 8 heteroatoms. The third kappa shape index (κ3) is 8.11. The topological polar surface area (TPSA) is 119 Å². The van der Waals surface area contributed by atoms with Crippen molar-refractivity contribution in [3.05, 3.63) is 0 Å². The number of carboxylic acids is 1. The maximum Gasteiger partial charge on any atom is 0.345 e. The molecule has 2 atom stereocenters. The van der Waals surface area contributed by atoms with Crippen LogP contribution in [0.15, 0.2) is 5.10 Å². The summed E-state index contributed by atoms with van der Waals surface area (Å²) in [5.74, 6) is -1.19. The summed E-state index contributed by atoms with van der Waals surface area (Å²) in [4.78, 5) is 34.1. The van der Waals surface area contributed by atoms with Crippen LogP contribution < -0.4 is 5.32 Å². The van der Waals surface area contributed by atoms with Gasteiger partial charge in [0, 0.05) is 6.42 Å². The van der Waals surface area contributed by atoms with Gasteiger partial charge in [0.1, 0.15) is 6.04 Å². The predicted molar refractivity (Wildman–Crippen MR) is 93.1 cm³/mol. The molecule has 0 saturated carbocycles. The van der Waals surface area contributed by atoms with Gasteiger partial charge in [-0.2, -0.15) is 5.10 Å². The maximum absolute atomic E-state index is 11.9. The largest absolute Gasteiger partial charge is 0.481 e. The van der Waals surface area contributed by atoms with Crippen LogP contribution >= 0.6 is 0 Å². The van der Waals surface area contributed by atoms with E-state index in [0.717, 1.165) is 37.1 Å². The fourth-order valence-corrected chi connectivity index (χ4v) is 2.68. The minimum absolute atomic E-state index is 0.148. The molecular weight excluding hydrogens is 326 g/mol. The Morgan fingerprint density at radius 2 is 1.96 bits per heavy atom. The van der Waals surface area contributed by atoms with Crippen molar-refractivity contribution in [2.24, 2.45) is 5.10 Å². The summed E-state index contributed by atoms with van der Waals surface area (Å²) >= 11 is 0. The maximum atomic E-state index is 11.9. The van der Waals surface area contributed by atoms with Gasteiger partial charge >= 0.3 is 12.0 Å². The Hall–Kier alpha value is -1.96. The van der Waals surface area contributed by atoms with Crippen molar-refractivity contribution in [2.45, 2.75) is 83.3 Å². The highest BCUT2D eigenvalue weighted by Crippen LogP contribution is 2.17. The van der Waals surface area contributed by atoms with Crippen LogP contribution in [0.3, 0.4) is 0 Å². The van der Waals surface area contributed by atoms with E-state index in [1.54, 1.807) is 0 Å². The molecule has 1 aliphatic rings. The molecule has 2 unspecified atom stereocenters. The Kier molecular flexibility index (Phi) is 9.76. The highest BCUT2D eigenvalue weighted by Gasteiger charge is 2.38. The Balaban J connectivity index is 2.40. The Labute approximate surface area is 148 Å². The number of hydrogen-bond donors (Lipinski definition) is 3. The molecule has 0 aromatic rings. The molecular formula is C17H29N3O5. The smallest absolute Gasteiger partial charge is 0.345 e. The highest BCUT2D eigenvalue weighted by molar-refractivity contribution is 6.04. The minimum Gasteiger partial charge on any atom is -0.481 e. The van der Waals surface area contributed by atoms with Crippen LogP contribution in [0.1, 0.15) is 71.1 Å². The lowest BCUT2D eigenvalue weighted by Gasteiger charge is -2.16. The van der Waals surface area contributed by atoms with Crippen molar-refractivity contribution in [3.8, 4) is 0 Å². The molecule has 1 aliphatic heterocycles. The standard InChI is InChI=1S/C17H29N3O5/c1-2-3-6-9-13(21)12-18-20-14(16(24)19-17(20)25)10-7-4-5-8-11-15(22)23/h12-14,21H,2-11H2,1H3,(H,22,23)(H,19,24,25)/b18-12+. The number of hydrazone groups is 1. The third-order valence-corrected chi connectivity index (χ3v) is 4.12. The summed E-state index contributed by atoms with van der Waals surface area (Å²) in [7, 11) is 0. The molecule has 0 aliphatic carbocycles. The molecule has 1 fully saturated rings. The highest BCUT2D eigenvalue weighted by atomic mass is 16.4. The minimum atomic E-state index is -0.807. The van der Waals surface area contributed by atoms with Crippen LogP contribution in [0.25, 0.3) is 0 Å². The summed E-state index contributed by atoms with van der Waals surface area (Å²) in [6.45, 7) is 2.08. The lowest BCUT2D eigenvalue weighted by molar-refractivity contribution is -0.137. The van der Waals surface area contributed by atoms with Crippen molar-refractivity contribution in [1.29, 1.82) is 0 Å². The predicted octanol–water partition coefficient (Wildman–Crippen LogP) is 2.26. The monoisotopic (exact) mass is 355 g/mol. The summed E-state index contributed by atoms with van der Waals surface area (Å²) in [5.41, 5.74) is 0. The first-order valence-corrected chi connectivity index (χ1v) is 9.03. The first-order valence-electron chi connectivity index (χ1n) is 9.03. The van der Waals surface area contributed by atoms with Crippen LogP contribution in [-0.4, -0.2) is 51.5 Å². The van der Waals surface area contributed by atoms with E-state index in [2.05, 4.69) is 17.3 Å². The number of aliphatic hydroxyl groups is 1. The van der Waals surface area contributed by atoms with Crippen molar-refractivity contribution in [2.75, 3.05) is 0 Å². The van der Waals surface area contributed by atoms with E-state index in [-0.39, 0.29) is 12.3 Å². The zero-order valence-corrected chi connectivity index (χ0v) is 14.8. The van der Waals surface area contributed by atoms with E-state index in [1.807, 2.05) is 0 Å². The molecule has 1 saturated heterocycles. The molecule has 0 aromatic heterocycles. The number of nitrogens with zero attached hydrogens (tertiary/aromatic N) is 2. The number of nitrogens with one attached hydrogen (secondary N) is 1. The average Bonchev–Trinajstić information content (AvgIpc) is 2.82. The zero-order chi connectivity index (χ0) is 18.7. The molecule has 0 radical (unpaired) electrons. The van der Waals surface area contributed by atoms with Crippen LogP contribution in [0, 0.1) is 0 Å². The number of hydrogen-bond acceptors (Lipinski definition) is 5. The van der Waals surface area contributed by atoms with Crippen LogP contribution in [0.2, 0.25) is 0 Å². The molecule has 142 valence electrons. The van der Waals surface area contributed by atoms with Gasteiger partial charge in [0.05, 0.1) is 12.3 Å². The molecule has 0 spiro atoms. The van der Waals surface area contributed by atoms with Crippen molar-refractivity contribution < 1.29 is 24.6 Å². The summed E-state index contributed by atoms with van der Waals surface area (Å²) in [6, 6.07) is -1.23. The number of carbonyl (C=O) groups excluding carboxylic acids is 2. The first kappa shape index (κ1) is 21.1. The Bertz CT molecular complexity index is 481. The molecule has 25 heavy (non-hydrogen) atoms. The fraction of sp³-hybridized carbons (Fsp3) is 0.765. The number of carboxylic acid groups (broad SMARTS) is 1. The molecule has 8 nitrogen and oxygen atoms in total. The fourth-order valence-electron chi connectivity index (χ4n) is 2.68. The van der Waals surface area contributed by atoms with Crippen molar-refractivity contribution in [1.82, 2.24) is 10.3 Å². The quantitative estimate of drug-likeness (QED) is 0.266. The van der Waals surface area contributed by atoms with Gasteiger partial charge in [-0.15, -0.1) is 0 Å². The van der Waals surface area contributed by atoms with Gasteiger partial charge in [-0.05, 0) is 19.3 Å². The van der Waals surface area contributed by atoms with Gasteiger partial charge in [-0.25, -0.2) is 9.80 Å². The number of aliphatic carboxylic acids is 1. The van der Waals surface area contributed by atoms with E-state index in [0.29, 0.717) is 25.7 Å². The van der Waals surface area contributed by atoms with E-state index >= 15 is 0 Å². The van der Waals surface area contributed by atoms with E-state index in [1.165, 1.54) is 6.21 Å². The number of carbonyl (C=O) groups is 3. The van der Waals surface area contributed by atoms with Crippen LogP contribution in [-0.2, 0) is 9.59 Å². The summed E-state index contributed by atoms with van der Waals surface area (Å²) in [6.07, 6.45) is 7.62. The normalized spacial score (nSPS) is 18.8. The number of imide groups is 1. The first-order chi connectivity index (χ1) is 12.0. The second kappa shape index (κ2) is 11.6. The zero-order valence-electron chi connectivity index (χ0n) is 14.8. The molecule has 0 bridgehead atoms. The lowest BCUT2D eigenvalue weighted by Crippen LogP contribution is -2.31. The number of aliphatic hydroxyl groups excluding tert-OH is 1. The van der Waals surface area contributed by atoms with E-state index in [4.69, 9.17) is 5.11 Å². The Morgan fingerprint density at radius 1 is 1.24 bits per heavy atom. The molecule has 1 rings (SSSR count). The molecule has 1 heterocycles. The van der Waals surface area contributed by atoms with Gasteiger partial charge in [0.15, 0.2) is 0 Å². The van der Waals surface area contributed by atoms with Crippen LogP contribution in [0.4, 0.5) is 4.79 Å². The molecule has 3 N–H and O–H groups in total. The van der Waals surface area contributed by atoms with Crippen molar-refractivity contribution >= 4 is 24.1 Å². The van der Waals surface area contributed by atoms with Gasteiger partial charge in [-0.1, -0.05) is 45.4 Å². The van der Waals surface area contributed by atoms with Gasteiger partial charge in [-0.3, -0.25) is 14.9 Å². The molecule has 0 aromatic carbocycles. The number of amides is 3. The number of rotatable bonds is 13. The second-order valence-corrected chi connectivity index (χ2v) is 6.33.